The lowest BCUT2D eigenvalue weighted by atomic mass is 10.1. The monoisotopic (exact) mass is 455 g/mol. The number of anilines is 1. The van der Waals surface area contributed by atoms with Crippen molar-refractivity contribution >= 4 is 21.7 Å². The van der Waals surface area contributed by atoms with Gasteiger partial charge in [-0.15, -0.1) is 0 Å². The normalized spacial score (nSPS) is 11.8. The number of aromatic carboxylic acids is 1. The van der Waals surface area contributed by atoms with E-state index in [2.05, 4.69) is 14.7 Å². The molecule has 0 saturated heterocycles. The van der Waals surface area contributed by atoms with Crippen molar-refractivity contribution in [2.75, 3.05) is 4.72 Å². The van der Waals surface area contributed by atoms with Crippen molar-refractivity contribution in [2.45, 2.75) is 11.1 Å². The zero-order chi connectivity index (χ0) is 23.0. The van der Waals surface area contributed by atoms with E-state index in [-0.39, 0.29) is 17.1 Å². The van der Waals surface area contributed by atoms with Gasteiger partial charge in [-0.05, 0) is 36.4 Å². The summed E-state index contributed by atoms with van der Waals surface area (Å²) in [5.74, 6) is -3.17. The summed E-state index contributed by atoms with van der Waals surface area (Å²) < 4.78 is 65.5. The number of hydrogen-bond donors (Lipinski definition) is 4. The SMILES string of the molecule is O=C(O)c1nc(-c2ccccc2NS(=O)(=O)c2ccc(C(F)(F)F)cc2)[nH]c(=O)c1O. The number of para-hydroxylation sites is 1. The first kappa shape index (κ1) is 21.8. The molecule has 1 heterocycles. The highest BCUT2D eigenvalue weighted by atomic mass is 32.2. The van der Waals surface area contributed by atoms with Gasteiger partial charge in [0.05, 0.1) is 16.1 Å². The smallest absolute Gasteiger partial charge is 0.416 e. The van der Waals surface area contributed by atoms with Gasteiger partial charge in [-0.1, -0.05) is 12.1 Å². The number of carboxylic acids is 1. The number of halogens is 3. The van der Waals surface area contributed by atoms with Gasteiger partial charge in [0.2, 0.25) is 5.75 Å². The van der Waals surface area contributed by atoms with Crippen LogP contribution in [0.1, 0.15) is 16.1 Å². The molecule has 31 heavy (non-hydrogen) atoms. The molecule has 162 valence electrons. The molecule has 0 spiro atoms. The van der Waals surface area contributed by atoms with E-state index in [1.54, 1.807) is 0 Å². The number of H-pyrrole nitrogens is 1. The summed E-state index contributed by atoms with van der Waals surface area (Å²) >= 11 is 0. The third-order valence-corrected chi connectivity index (χ3v) is 5.40. The Balaban J connectivity index is 2.04. The van der Waals surface area contributed by atoms with Gasteiger partial charge < -0.3 is 15.2 Å². The summed E-state index contributed by atoms with van der Waals surface area (Å²) in [5, 5.41) is 18.6. The van der Waals surface area contributed by atoms with Gasteiger partial charge in [-0.3, -0.25) is 9.52 Å². The first-order valence-corrected chi connectivity index (χ1v) is 9.74. The predicted octanol–water partition coefficient (Wildman–Crippen LogP) is 2.66. The number of aromatic hydroxyl groups is 1. The van der Waals surface area contributed by atoms with Crippen LogP contribution in [0.15, 0.2) is 58.2 Å². The minimum absolute atomic E-state index is 0.0439. The molecule has 0 bridgehead atoms. The van der Waals surface area contributed by atoms with Crippen molar-refractivity contribution in [1.29, 1.82) is 0 Å². The van der Waals surface area contributed by atoms with Gasteiger partial charge in [0.1, 0.15) is 5.82 Å². The quantitative estimate of drug-likeness (QED) is 0.462. The highest BCUT2D eigenvalue weighted by molar-refractivity contribution is 7.92. The first-order valence-electron chi connectivity index (χ1n) is 8.26. The van der Waals surface area contributed by atoms with Crippen molar-refractivity contribution in [2.24, 2.45) is 0 Å². The van der Waals surface area contributed by atoms with Crippen LogP contribution < -0.4 is 10.3 Å². The number of aromatic nitrogens is 2. The van der Waals surface area contributed by atoms with Crippen LogP contribution >= 0.6 is 0 Å². The number of sulfonamides is 1. The van der Waals surface area contributed by atoms with E-state index in [4.69, 9.17) is 5.11 Å². The van der Waals surface area contributed by atoms with Crippen LogP contribution in [-0.4, -0.2) is 34.6 Å². The Hall–Kier alpha value is -3.87. The average molecular weight is 455 g/mol. The summed E-state index contributed by atoms with van der Waals surface area (Å²) in [6.45, 7) is 0. The van der Waals surface area contributed by atoms with Gasteiger partial charge in [0.25, 0.3) is 15.6 Å². The van der Waals surface area contributed by atoms with Crippen LogP contribution in [0.3, 0.4) is 0 Å². The molecule has 0 unspecified atom stereocenters. The fourth-order valence-corrected chi connectivity index (χ4v) is 3.63. The maximum absolute atomic E-state index is 12.7. The lowest BCUT2D eigenvalue weighted by molar-refractivity contribution is -0.137. The topological polar surface area (TPSA) is 149 Å². The number of carboxylic acid groups (broad SMARTS) is 1. The summed E-state index contributed by atoms with van der Waals surface area (Å²) in [5.41, 5.74) is -3.33. The minimum atomic E-state index is -4.64. The van der Waals surface area contributed by atoms with E-state index < -0.39 is 49.6 Å². The number of nitrogens with zero attached hydrogens (tertiary/aromatic N) is 1. The lowest BCUT2D eigenvalue weighted by Gasteiger charge is -2.13. The van der Waals surface area contributed by atoms with Gasteiger partial charge in [-0.25, -0.2) is 18.2 Å². The molecule has 0 fully saturated rings. The second kappa shape index (κ2) is 7.75. The molecule has 1 aromatic heterocycles. The maximum Gasteiger partial charge on any atom is 0.416 e. The highest BCUT2D eigenvalue weighted by Crippen LogP contribution is 2.31. The number of rotatable bonds is 5. The summed E-state index contributed by atoms with van der Waals surface area (Å²) in [7, 11) is -4.35. The zero-order valence-electron chi connectivity index (χ0n) is 15.1. The number of hydrogen-bond acceptors (Lipinski definition) is 6. The number of benzene rings is 2. The van der Waals surface area contributed by atoms with Gasteiger partial charge in [0.15, 0.2) is 5.69 Å². The van der Waals surface area contributed by atoms with E-state index in [9.17, 15) is 36.3 Å². The van der Waals surface area contributed by atoms with E-state index >= 15 is 0 Å². The molecule has 0 aliphatic rings. The molecule has 0 atom stereocenters. The zero-order valence-corrected chi connectivity index (χ0v) is 16.0. The molecule has 0 radical (unpaired) electrons. The third-order valence-electron chi connectivity index (χ3n) is 4.02. The van der Waals surface area contributed by atoms with Crippen LogP contribution in [-0.2, 0) is 16.2 Å². The highest BCUT2D eigenvalue weighted by Gasteiger charge is 2.30. The Kier molecular flexibility index (Phi) is 5.46. The molecule has 0 saturated carbocycles. The van der Waals surface area contributed by atoms with E-state index in [1.165, 1.54) is 24.3 Å². The predicted molar refractivity (Wildman–Crippen MR) is 101 cm³/mol. The first-order chi connectivity index (χ1) is 14.4. The fourth-order valence-electron chi connectivity index (χ4n) is 2.55. The molecule has 0 aliphatic heterocycles. The second-order valence-electron chi connectivity index (χ2n) is 6.09. The molecule has 4 N–H and O–H groups in total. The van der Waals surface area contributed by atoms with Gasteiger partial charge >= 0.3 is 12.1 Å². The Morgan fingerprint density at radius 1 is 1.06 bits per heavy atom. The molecule has 0 aliphatic carbocycles. The second-order valence-corrected chi connectivity index (χ2v) is 7.77. The van der Waals surface area contributed by atoms with Crippen LogP contribution in [0.25, 0.3) is 11.4 Å². The van der Waals surface area contributed by atoms with Crippen molar-refractivity contribution in [3.63, 3.8) is 0 Å². The minimum Gasteiger partial charge on any atom is -0.501 e. The molecule has 2 aromatic carbocycles. The van der Waals surface area contributed by atoms with Crippen molar-refractivity contribution in [3.8, 4) is 17.1 Å². The lowest BCUT2D eigenvalue weighted by Crippen LogP contribution is -2.17. The Labute approximate surface area is 171 Å². The summed E-state index contributed by atoms with van der Waals surface area (Å²) in [4.78, 5) is 28.3. The van der Waals surface area contributed by atoms with Crippen LogP contribution in [0, 0.1) is 0 Å². The van der Waals surface area contributed by atoms with E-state index in [0.717, 1.165) is 12.1 Å². The number of aromatic amines is 1. The molecule has 3 rings (SSSR count). The number of carbonyl (C=O) groups is 1. The number of alkyl halides is 3. The van der Waals surface area contributed by atoms with E-state index in [0.29, 0.717) is 12.1 Å². The van der Waals surface area contributed by atoms with Crippen molar-refractivity contribution in [1.82, 2.24) is 9.97 Å². The Morgan fingerprint density at radius 3 is 2.26 bits per heavy atom. The molecule has 13 heteroatoms. The summed E-state index contributed by atoms with van der Waals surface area (Å²) in [6, 6.07) is 8.21. The van der Waals surface area contributed by atoms with Gasteiger partial charge in [-0.2, -0.15) is 13.2 Å². The van der Waals surface area contributed by atoms with E-state index in [1.807, 2.05) is 0 Å². The Morgan fingerprint density at radius 2 is 1.68 bits per heavy atom. The molecular formula is C18H12F3N3O6S. The van der Waals surface area contributed by atoms with Crippen molar-refractivity contribution in [3.05, 3.63) is 70.1 Å². The van der Waals surface area contributed by atoms with Crippen molar-refractivity contribution < 1.29 is 36.6 Å². The average Bonchev–Trinajstić information content (AvgIpc) is 2.69. The summed E-state index contributed by atoms with van der Waals surface area (Å²) in [6.07, 6.45) is -4.64. The molecular weight excluding hydrogens is 443 g/mol. The number of nitrogens with one attached hydrogen (secondary N) is 2. The standard InChI is InChI=1S/C18H12F3N3O6S/c19-18(20,21)9-5-7-10(8-6-9)31(29,30)24-12-4-2-1-3-11(12)15-22-13(17(27)28)14(25)16(26)23-15/h1-8,24-25H,(H,27,28)(H,22,23,26). The molecule has 3 aromatic rings. The third kappa shape index (κ3) is 4.50. The maximum atomic E-state index is 12.7. The van der Waals surface area contributed by atoms with Gasteiger partial charge in [0, 0.05) is 5.56 Å². The van der Waals surface area contributed by atoms with Crippen LogP contribution in [0.4, 0.5) is 18.9 Å². The van der Waals surface area contributed by atoms with Crippen LogP contribution in [0.5, 0.6) is 5.75 Å². The largest absolute Gasteiger partial charge is 0.501 e. The fraction of sp³-hybridized carbons (Fsp3) is 0.0556. The van der Waals surface area contributed by atoms with Crippen LogP contribution in [0.2, 0.25) is 0 Å². The Bertz CT molecular complexity index is 1320. The molecule has 9 nitrogen and oxygen atoms in total. The molecule has 0 amide bonds.